The van der Waals surface area contributed by atoms with E-state index in [1.54, 1.807) is 43.3 Å². The van der Waals surface area contributed by atoms with Crippen LogP contribution in [0.3, 0.4) is 0 Å². The first-order valence-electron chi connectivity index (χ1n) is 9.75. The summed E-state index contributed by atoms with van der Waals surface area (Å²) in [4.78, 5) is 30.6. The second-order valence-corrected chi connectivity index (χ2v) is 7.09. The summed E-state index contributed by atoms with van der Waals surface area (Å²) in [6.07, 6.45) is 0.366. The van der Waals surface area contributed by atoms with Gasteiger partial charge >= 0.3 is 6.09 Å². The number of carbonyl (C=O) groups excluding carboxylic acids is 1. The highest BCUT2D eigenvalue weighted by Gasteiger charge is 2.23. The molecule has 0 radical (unpaired) electrons. The number of methoxy groups -OCH3 is 1. The summed E-state index contributed by atoms with van der Waals surface area (Å²) < 4.78 is 16.1. The van der Waals surface area contributed by atoms with Crippen LogP contribution in [0.2, 0.25) is 0 Å². The highest BCUT2D eigenvalue weighted by atomic mass is 16.5. The zero-order chi connectivity index (χ0) is 21.5. The van der Waals surface area contributed by atoms with Gasteiger partial charge in [-0.25, -0.2) is 4.79 Å². The molecule has 0 unspecified atom stereocenters. The lowest BCUT2D eigenvalue weighted by atomic mass is 10.1. The Labute approximate surface area is 174 Å². The molecule has 10 heteroatoms. The SMILES string of the molecule is COCCN(C)C(=O)c1ccc(-c2nc(COC3CCN(C(=O)O)CC3)no2)cc1. The minimum absolute atomic E-state index is 0.0251. The Morgan fingerprint density at radius 2 is 1.97 bits per heavy atom. The fraction of sp³-hybridized carbons (Fsp3) is 0.500. The van der Waals surface area contributed by atoms with E-state index in [2.05, 4.69) is 10.1 Å². The Bertz CT molecular complexity index is 845. The number of hydrogen-bond acceptors (Lipinski definition) is 7. The van der Waals surface area contributed by atoms with Crippen LogP contribution in [0, 0.1) is 0 Å². The van der Waals surface area contributed by atoms with Crippen molar-refractivity contribution in [2.24, 2.45) is 0 Å². The molecular formula is C20H26N4O6. The van der Waals surface area contributed by atoms with E-state index in [4.69, 9.17) is 19.1 Å². The fourth-order valence-corrected chi connectivity index (χ4v) is 3.14. The van der Waals surface area contributed by atoms with Crippen LogP contribution < -0.4 is 0 Å². The molecular weight excluding hydrogens is 392 g/mol. The van der Waals surface area contributed by atoms with Crippen LogP contribution in [0.4, 0.5) is 4.79 Å². The first-order valence-corrected chi connectivity index (χ1v) is 9.75. The summed E-state index contributed by atoms with van der Waals surface area (Å²) in [6, 6.07) is 6.96. The lowest BCUT2D eigenvalue weighted by molar-refractivity contribution is -0.00295. The maximum absolute atomic E-state index is 12.4. The first-order chi connectivity index (χ1) is 14.5. The zero-order valence-electron chi connectivity index (χ0n) is 17.1. The number of rotatable bonds is 8. The van der Waals surface area contributed by atoms with Gasteiger partial charge in [-0.05, 0) is 37.1 Å². The molecule has 1 aliphatic heterocycles. The normalized spacial score (nSPS) is 14.7. The molecule has 1 aromatic heterocycles. The third-order valence-corrected chi connectivity index (χ3v) is 4.99. The van der Waals surface area contributed by atoms with Crippen molar-refractivity contribution in [2.75, 3.05) is 40.4 Å². The van der Waals surface area contributed by atoms with Crippen molar-refractivity contribution in [3.63, 3.8) is 0 Å². The van der Waals surface area contributed by atoms with Crippen molar-refractivity contribution in [2.45, 2.75) is 25.6 Å². The van der Waals surface area contributed by atoms with E-state index in [0.717, 1.165) is 0 Å². The summed E-state index contributed by atoms with van der Waals surface area (Å²) in [7, 11) is 3.32. The van der Waals surface area contributed by atoms with Crippen molar-refractivity contribution in [3.05, 3.63) is 35.7 Å². The fourth-order valence-electron chi connectivity index (χ4n) is 3.14. The molecule has 10 nitrogen and oxygen atoms in total. The summed E-state index contributed by atoms with van der Waals surface area (Å²) in [6.45, 7) is 2.11. The molecule has 1 aromatic carbocycles. The van der Waals surface area contributed by atoms with Gasteiger partial charge in [-0.1, -0.05) is 5.16 Å². The maximum atomic E-state index is 12.4. The van der Waals surface area contributed by atoms with E-state index < -0.39 is 6.09 Å². The number of carbonyl (C=O) groups is 2. The van der Waals surface area contributed by atoms with Gasteiger partial charge in [0.05, 0.1) is 12.7 Å². The van der Waals surface area contributed by atoms with Crippen LogP contribution in [-0.4, -0.2) is 83.5 Å². The average Bonchev–Trinajstić information content (AvgIpc) is 3.25. The van der Waals surface area contributed by atoms with E-state index in [1.807, 2.05) is 0 Å². The van der Waals surface area contributed by atoms with Gasteiger partial charge in [0.2, 0.25) is 0 Å². The topological polar surface area (TPSA) is 118 Å². The van der Waals surface area contributed by atoms with E-state index in [9.17, 15) is 9.59 Å². The van der Waals surface area contributed by atoms with Gasteiger partial charge in [0, 0.05) is 44.9 Å². The number of benzene rings is 1. The molecule has 1 aliphatic rings. The summed E-state index contributed by atoms with van der Waals surface area (Å²) in [5, 5.41) is 12.9. The number of amides is 2. The van der Waals surface area contributed by atoms with Crippen molar-refractivity contribution in [1.82, 2.24) is 19.9 Å². The Balaban J connectivity index is 1.52. The monoisotopic (exact) mass is 418 g/mol. The summed E-state index contributed by atoms with van der Waals surface area (Å²) in [5.74, 6) is 0.679. The molecule has 2 heterocycles. The van der Waals surface area contributed by atoms with Gasteiger partial charge in [-0.15, -0.1) is 0 Å². The largest absolute Gasteiger partial charge is 0.465 e. The molecule has 0 aliphatic carbocycles. The molecule has 30 heavy (non-hydrogen) atoms. The lowest BCUT2D eigenvalue weighted by Gasteiger charge is -2.29. The van der Waals surface area contributed by atoms with Crippen LogP contribution in [0.5, 0.6) is 0 Å². The number of carboxylic acid groups (broad SMARTS) is 1. The lowest BCUT2D eigenvalue weighted by Crippen LogP contribution is -2.40. The number of nitrogens with zero attached hydrogens (tertiary/aromatic N) is 4. The van der Waals surface area contributed by atoms with E-state index >= 15 is 0 Å². The van der Waals surface area contributed by atoms with Crippen molar-refractivity contribution < 1.29 is 28.7 Å². The van der Waals surface area contributed by atoms with Gasteiger partial charge in [-0.2, -0.15) is 4.98 Å². The molecule has 0 saturated carbocycles. The van der Waals surface area contributed by atoms with Crippen LogP contribution in [0.25, 0.3) is 11.5 Å². The molecule has 0 bridgehead atoms. The zero-order valence-corrected chi connectivity index (χ0v) is 17.1. The Morgan fingerprint density at radius 3 is 2.60 bits per heavy atom. The number of piperidine rings is 1. The van der Waals surface area contributed by atoms with Crippen molar-refractivity contribution in [1.29, 1.82) is 0 Å². The predicted molar refractivity (Wildman–Crippen MR) is 106 cm³/mol. The second kappa shape index (κ2) is 10.2. The van der Waals surface area contributed by atoms with Crippen molar-refractivity contribution >= 4 is 12.0 Å². The highest BCUT2D eigenvalue weighted by molar-refractivity contribution is 5.94. The minimum Gasteiger partial charge on any atom is -0.465 e. The molecule has 2 amide bonds. The summed E-state index contributed by atoms with van der Waals surface area (Å²) >= 11 is 0. The van der Waals surface area contributed by atoms with Gasteiger partial charge in [0.1, 0.15) is 6.61 Å². The number of ether oxygens (including phenoxy) is 2. The molecule has 1 fully saturated rings. The first kappa shape index (κ1) is 21.7. The summed E-state index contributed by atoms with van der Waals surface area (Å²) in [5.41, 5.74) is 1.27. The number of hydrogen-bond donors (Lipinski definition) is 1. The molecule has 1 saturated heterocycles. The van der Waals surface area contributed by atoms with Gasteiger partial charge in [0.15, 0.2) is 5.82 Å². The van der Waals surface area contributed by atoms with Crippen LogP contribution in [0.15, 0.2) is 28.8 Å². The van der Waals surface area contributed by atoms with Crippen LogP contribution in [0.1, 0.15) is 29.0 Å². The molecule has 3 rings (SSSR count). The molecule has 0 atom stereocenters. The molecule has 162 valence electrons. The third kappa shape index (κ3) is 5.55. The highest BCUT2D eigenvalue weighted by Crippen LogP contribution is 2.20. The third-order valence-electron chi connectivity index (χ3n) is 4.99. The van der Waals surface area contributed by atoms with Gasteiger partial charge in [-0.3, -0.25) is 4.79 Å². The smallest absolute Gasteiger partial charge is 0.407 e. The van der Waals surface area contributed by atoms with Crippen LogP contribution >= 0.6 is 0 Å². The Kier molecular flexibility index (Phi) is 7.36. The molecule has 1 N–H and O–H groups in total. The number of likely N-dealkylation sites (tertiary alicyclic amines) is 1. The van der Waals surface area contributed by atoms with E-state index in [1.165, 1.54) is 4.90 Å². The Hall–Kier alpha value is -2.98. The molecule has 0 spiro atoms. The quantitative estimate of drug-likeness (QED) is 0.692. The van der Waals surface area contributed by atoms with E-state index in [0.29, 0.717) is 61.9 Å². The maximum Gasteiger partial charge on any atom is 0.407 e. The van der Waals surface area contributed by atoms with Gasteiger partial charge in [0.25, 0.3) is 11.8 Å². The van der Waals surface area contributed by atoms with E-state index in [-0.39, 0.29) is 18.6 Å². The standard InChI is InChI=1S/C20H26N4O6/c1-23(11-12-28-2)19(25)15-5-3-14(4-6-15)18-21-17(22-30-18)13-29-16-7-9-24(10-8-16)20(26)27/h3-6,16H,7-13H2,1-2H3,(H,26,27). The predicted octanol–water partition coefficient (Wildman–Crippen LogP) is 2.11. The second-order valence-electron chi connectivity index (χ2n) is 7.09. The Morgan fingerprint density at radius 1 is 1.27 bits per heavy atom. The minimum atomic E-state index is -0.898. The van der Waals surface area contributed by atoms with Crippen molar-refractivity contribution in [3.8, 4) is 11.5 Å². The van der Waals surface area contributed by atoms with Gasteiger partial charge < -0.3 is 28.9 Å². The number of aromatic nitrogens is 2. The van der Waals surface area contributed by atoms with Crippen LogP contribution in [-0.2, 0) is 16.1 Å². The number of likely N-dealkylation sites (N-methyl/N-ethyl adjacent to an activating group) is 1. The average molecular weight is 418 g/mol. The molecule has 2 aromatic rings.